The molecule has 1 aliphatic carbocycles. The summed E-state index contributed by atoms with van der Waals surface area (Å²) in [7, 11) is 1.66. The van der Waals surface area contributed by atoms with Crippen LogP contribution >= 0.6 is 0 Å². The Morgan fingerprint density at radius 3 is 2.68 bits per heavy atom. The Balaban J connectivity index is 1.65. The fourth-order valence-corrected chi connectivity index (χ4v) is 2.76. The molecule has 0 aromatic heterocycles. The van der Waals surface area contributed by atoms with Crippen LogP contribution in [0.5, 0.6) is 11.5 Å². The standard InChI is InChI=1S/C17H24N2O3/c1-3-19-9-8-18(12-17(19)20)11-13-4-7-15(21-2)16(10-13)22-14-5-6-14/h4,7,10,14H,3,5-6,8-9,11-12H2,1-2H3. The number of piperazine rings is 1. The minimum Gasteiger partial charge on any atom is -0.493 e. The van der Waals surface area contributed by atoms with E-state index in [1.54, 1.807) is 7.11 Å². The van der Waals surface area contributed by atoms with Crippen LogP contribution < -0.4 is 9.47 Å². The van der Waals surface area contributed by atoms with Crippen molar-refractivity contribution in [2.75, 3.05) is 33.3 Å². The summed E-state index contributed by atoms with van der Waals surface area (Å²) in [6.45, 7) is 5.83. The average molecular weight is 304 g/mol. The molecule has 2 aliphatic rings. The molecule has 5 heteroatoms. The van der Waals surface area contributed by atoms with E-state index in [1.165, 1.54) is 0 Å². The Labute approximate surface area is 131 Å². The highest BCUT2D eigenvalue weighted by atomic mass is 16.5. The molecule has 2 fully saturated rings. The van der Waals surface area contributed by atoms with Crippen LogP contribution in [0.2, 0.25) is 0 Å². The number of hydrogen-bond donors (Lipinski definition) is 0. The van der Waals surface area contributed by atoms with E-state index in [0.29, 0.717) is 12.6 Å². The second kappa shape index (κ2) is 6.57. The molecular weight excluding hydrogens is 280 g/mol. The normalized spacial score (nSPS) is 19.4. The zero-order valence-electron chi connectivity index (χ0n) is 13.4. The Kier molecular flexibility index (Phi) is 4.52. The molecule has 5 nitrogen and oxygen atoms in total. The van der Waals surface area contributed by atoms with Crippen LogP contribution in [0, 0.1) is 0 Å². The maximum Gasteiger partial charge on any atom is 0.236 e. The van der Waals surface area contributed by atoms with Gasteiger partial charge in [-0.05, 0) is 37.5 Å². The predicted octanol–water partition coefficient (Wildman–Crippen LogP) is 1.90. The summed E-state index contributed by atoms with van der Waals surface area (Å²) in [6, 6.07) is 6.06. The molecule has 120 valence electrons. The van der Waals surface area contributed by atoms with Crippen molar-refractivity contribution in [3.63, 3.8) is 0 Å². The zero-order chi connectivity index (χ0) is 15.5. The second-order valence-corrected chi connectivity index (χ2v) is 5.99. The van der Waals surface area contributed by atoms with Crippen molar-refractivity contribution >= 4 is 5.91 Å². The molecule has 1 saturated heterocycles. The minimum absolute atomic E-state index is 0.219. The first kappa shape index (κ1) is 15.2. The lowest BCUT2D eigenvalue weighted by molar-refractivity contribution is -0.135. The van der Waals surface area contributed by atoms with Crippen LogP contribution in [0.1, 0.15) is 25.3 Å². The van der Waals surface area contributed by atoms with Gasteiger partial charge in [-0.25, -0.2) is 0 Å². The van der Waals surface area contributed by atoms with E-state index in [1.807, 2.05) is 24.0 Å². The summed E-state index contributed by atoms with van der Waals surface area (Å²) >= 11 is 0. The van der Waals surface area contributed by atoms with E-state index < -0.39 is 0 Å². The summed E-state index contributed by atoms with van der Waals surface area (Å²) in [4.78, 5) is 16.1. The van der Waals surface area contributed by atoms with E-state index in [2.05, 4.69) is 11.0 Å². The number of likely N-dealkylation sites (N-methyl/N-ethyl adjacent to an activating group) is 1. The number of benzene rings is 1. The van der Waals surface area contributed by atoms with Gasteiger partial charge in [-0.15, -0.1) is 0 Å². The number of carbonyl (C=O) groups excluding carboxylic acids is 1. The maximum absolute atomic E-state index is 12.0. The number of methoxy groups -OCH3 is 1. The first-order valence-corrected chi connectivity index (χ1v) is 8.03. The monoisotopic (exact) mass is 304 g/mol. The zero-order valence-corrected chi connectivity index (χ0v) is 13.4. The van der Waals surface area contributed by atoms with Crippen molar-refractivity contribution in [2.24, 2.45) is 0 Å². The smallest absolute Gasteiger partial charge is 0.236 e. The highest BCUT2D eigenvalue weighted by Gasteiger charge is 2.26. The van der Waals surface area contributed by atoms with E-state index in [9.17, 15) is 4.79 Å². The number of hydrogen-bond acceptors (Lipinski definition) is 4. The molecule has 3 rings (SSSR count). The molecule has 22 heavy (non-hydrogen) atoms. The van der Waals surface area contributed by atoms with Gasteiger partial charge >= 0.3 is 0 Å². The molecule has 1 amide bonds. The topological polar surface area (TPSA) is 42.0 Å². The van der Waals surface area contributed by atoms with Gasteiger partial charge < -0.3 is 14.4 Å². The first-order chi connectivity index (χ1) is 10.7. The summed E-state index contributed by atoms with van der Waals surface area (Å²) < 4.78 is 11.3. The van der Waals surface area contributed by atoms with E-state index in [-0.39, 0.29) is 5.91 Å². The quantitative estimate of drug-likeness (QED) is 0.805. The fraction of sp³-hybridized carbons (Fsp3) is 0.588. The Morgan fingerprint density at radius 2 is 2.05 bits per heavy atom. The molecule has 0 unspecified atom stereocenters. The molecule has 1 heterocycles. The largest absolute Gasteiger partial charge is 0.493 e. The molecule has 1 aliphatic heterocycles. The molecule has 0 spiro atoms. The van der Waals surface area contributed by atoms with Gasteiger partial charge in [-0.3, -0.25) is 9.69 Å². The van der Waals surface area contributed by atoms with Crippen LogP contribution in [-0.2, 0) is 11.3 Å². The van der Waals surface area contributed by atoms with Crippen molar-refractivity contribution in [3.8, 4) is 11.5 Å². The predicted molar refractivity (Wildman–Crippen MR) is 84.2 cm³/mol. The fourth-order valence-electron chi connectivity index (χ4n) is 2.76. The molecule has 1 saturated carbocycles. The van der Waals surface area contributed by atoms with Crippen LogP contribution in [-0.4, -0.2) is 55.1 Å². The van der Waals surface area contributed by atoms with Crippen molar-refractivity contribution < 1.29 is 14.3 Å². The van der Waals surface area contributed by atoms with Crippen LogP contribution in [0.4, 0.5) is 0 Å². The van der Waals surface area contributed by atoms with Crippen molar-refractivity contribution in [3.05, 3.63) is 23.8 Å². The Morgan fingerprint density at radius 1 is 1.23 bits per heavy atom. The van der Waals surface area contributed by atoms with Crippen LogP contribution in [0.15, 0.2) is 18.2 Å². The molecule has 0 radical (unpaired) electrons. The van der Waals surface area contributed by atoms with Crippen molar-refractivity contribution in [1.29, 1.82) is 0 Å². The minimum atomic E-state index is 0.219. The van der Waals surface area contributed by atoms with Gasteiger partial charge in [0.1, 0.15) is 0 Å². The van der Waals surface area contributed by atoms with Gasteiger partial charge in [-0.2, -0.15) is 0 Å². The van der Waals surface area contributed by atoms with Crippen LogP contribution in [0.3, 0.4) is 0 Å². The summed E-state index contributed by atoms with van der Waals surface area (Å²) in [5, 5.41) is 0. The summed E-state index contributed by atoms with van der Waals surface area (Å²) in [5.74, 6) is 1.82. The maximum atomic E-state index is 12.0. The third-order valence-electron chi connectivity index (χ3n) is 4.23. The third-order valence-corrected chi connectivity index (χ3v) is 4.23. The van der Waals surface area contributed by atoms with E-state index in [4.69, 9.17) is 9.47 Å². The van der Waals surface area contributed by atoms with Crippen molar-refractivity contribution in [2.45, 2.75) is 32.4 Å². The molecule has 0 bridgehead atoms. The molecule has 0 atom stereocenters. The van der Waals surface area contributed by atoms with E-state index in [0.717, 1.165) is 56.1 Å². The Hall–Kier alpha value is -1.75. The second-order valence-electron chi connectivity index (χ2n) is 5.99. The average Bonchev–Trinajstić information content (AvgIpc) is 3.32. The lowest BCUT2D eigenvalue weighted by Gasteiger charge is -2.33. The SMILES string of the molecule is CCN1CCN(Cc2ccc(OC)c(OC3CC3)c2)CC1=O. The number of nitrogens with zero attached hydrogens (tertiary/aromatic N) is 2. The van der Waals surface area contributed by atoms with Crippen molar-refractivity contribution in [1.82, 2.24) is 9.80 Å². The highest BCUT2D eigenvalue weighted by Crippen LogP contribution is 2.34. The first-order valence-electron chi connectivity index (χ1n) is 8.03. The number of rotatable bonds is 6. The highest BCUT2D eigenvalue weighted by molar-refractivity contribution is 5.78. The van der Waals surface area contributed by atoms with Gasteiger partial charge in [0.2, 0.25) is 5.91 Å². The number of amides is 1. The third kappa shape index (κ3) is 3.53. The van der Waals surface area contributed by atoms with Crippen LogP contribution in [0.25, 0.3) is 0 Å². The summed E-state index contributed by atoms with van der Waals surface area (Å²) in [6.07, 6.45) is 2.60. The van der Waals surface area contributed by atoms with Gasteiger partial charge in [0.05, 0.1) is 19.8 Å². The molecular formula is C17H24N2O3. The van der Waals surface area contributed by atoms with Gasteiger partial charge in [0.15, 0.2) is 11.5 Å². The number of ether oxygens (including phenoxy) is 2. The lowest BCUT2D eigenvalue weighted by Crippen LogP contribution is -2.49. The van der Waals surface area contributed by atoms with Gasteiger partial charge in [0.25, 0.3) is 0 Å². The summed E-state index contributed by atoms with van der Waals surface area (Å²) in [5.41, 5.74) is 1.16. The molecule has 0 N–H and O–H groups in total. The van der Waals surface area contributed by atoms with Gasteiger partial charge in [0, 0.05) is 26.2 Å². The number of carbonyl (C=O) groups is 1. The van der Waals surface area contributed by atoms with Gasteiger partial charge in [-0.1, -0.05) is 6.07 Å². The van der Waals surface area contributed by atoms with E-state index >= 15 is 0 Å². The molecule has 1 aromatic rings. The Bertz CT molecular complexity index is 543. The lowest BCUT2D eigenvalue weighted by atomic mass is 10.1. The molecule has 1 aromatic carbocycles.